The molecule has 3 aromatic rings. The monoisotopic (exact) mass is 376 g/mol. The summed E-state index contributed by atoms with van der Waals surface area (Å²) in [5.74, 6) is 0.475. The van der Waals surface area contributed by atoms with Crippen LogP contribution in [-0.2, 0) is 11.3 Å². The predicted molar refractivity (Wildman–Crippen MR) is 101 cm³/mol. The van der Waals surface area contributed by atoms with Gasteiger partial charge in [0, 0.05) is 12.1 Å². The molecule has 6 heteroatoms. The number of nitrogens with zero attached hydrogens (tertiary/aromatic N) is 2. The Morgan fingerprint density at radius 1 is 1.16 bits per heavy atom. The fraction of sp³-hybridized carbons (Fsp3) is 0.263. The molecule has 0 spiro atoms. The molecule has 0 aliphatic rings. The molecule has 0 unspecified atom stereocenters. The Morgan fingerprint density at radius 2 is 1.84 bits per heavy atom. The summed E-state index contributed by atoms with van der Waals surface area (Å²) in [7, 11) is 1.37. The van der Waals surface area contributed by atoms with Crippen molar-refractivity contribution in [1.82, 2.24) is 9.55 Å². The highest BCUT2D eigenvalue weighted by molar-refractivity contribution is 6.42. The first-order valence-electron chi connectivity index (χ1n) is 8.09. The molecule has 0 radical (unpaired) electrons. The van der Waals surface area contributed by atoms with Crippen molar-refractivity contribution < 1.29 is 9.53 Å². The van der Waals surface area contributed by atoms with Crippen LogP contribution in [0, 0.1) is 0 Å². The van der Waals surface area contributed by atoms with Gasteiger partial charge in [0.05, 0.1) is 33.8 Å². The summed E-state index contributed by atoms with van der Waals surface area (Å²) in [4.78, 5) is 16.3. The molecule has 0 fully saturated rings. The van der Waals surface area contributed by atoms with E-state index >= 15 is 0 Å². The van der Waals surface area contributed by atoms with E-state index < -0.39 is 0 Å². The second kappa shape index (κ2) is 7.46. The van der Waals surface area contributed by atoms with Crippen LogP contribution in [0.2, 0.25) is 10.0 Å². The van der Waals surface area contributed by atoms with E-state index in [2.05, 4.69) is 11.5 Å². The number of hydrogen-bond acceptors (Lipinski definition) is 3. The summed E-state index contributed by atoms with van der Waals surface area (Å²) in [5.41, 5.74) is 3.19. The van der Waals surface area contributed by atoms with Gasteiger partial charge in [-0.15, -0.1) is 0 Å². The van der Waals surface area contributed by atoms with Crippen LogP contribution in [0.1, 0.15) is 30.1 Å². The maximum Gasteiger partial charge on any atom is 0.337 e. The van der Waals surface area contributed by atoms with E-state index in [1.165, 1.54) is 7.11 Å². The number of halogens is 2. The third-order valence-corrected chi connectivity index (χ3v) is 4.81. The summed E-state index contributed by atoms with van der Waals surface area (Å²) in [6, 6.07) is 10.9. The number of carbonyl (C=O) groups excluding carboxylic acids is 1. The van der Waals surface area contributed by atoms with Crippen molar-refractivity contribution in [2.45, 2.75) is 26.3 Å². The summed E-state index contributed by atoms with van der Waals surface area (Å²) < 4.78 is 6.89. The van der Waals surface area contributed by atoms with Crippen molar-refractivity contribution in [3.8, 4) is 11.4 Å². The fourth-order valence-electron chi connectivity index (χ4n) is 2.76. The van der Waals surface area contributed by atoms with E-state index in [0.29, 0.717) is 15.6 Å². The van der Waals surface area contributed by atoms with Crippen molar-refractivity contribution >= 4 is 40.2 Å². The fourth-order valence-corrected chi connectivity index (χ4v) is 3.07. The van der Waals surface area contributed by atoms with Crippen molar-refractivity contribution in [2.24, 2.45) is 0 Å². The number of fused-ring (bicyclic) bond motifs is 1. The number of rotatable bonds is 5. The van der Waals surface area contributed by atoms with Gasteiger partial charge in [0.2, 0.25) is 0 Å². The molecule has 130 valence electrons. The molecule has 4 nitrogen and oxygen atoms in total. The smallest absolute Gasteiger partial charge is 0.337 e. The van der Waals surface area contributed by atoms with E-state index in [1.807, 2.05) is 18.2 Å². The molecular formula is C19H18Cl2N2O2. The average molecular weight is 377 g/mol. The molecule has 0 saturated carbocycles. The van der Waals surface area contributed by atoms with E-state index in [9.17, 15) is 4.79 Å². The Labute approximate surface area is 156 Å². The second-order valence-corrected chi connectivity index (χ2v) is 6.58. The van der Waals surface area contributed by atoms with Crippen LogP contribution in [-0.4, -0.2) is 22.6 Å². The minimum atomic E-state index is -0.357. The maximum atomic E-state index is 11.6. The van der Waals surface area contributed by atoms with Crippen LogP contribution in [0.15, 0.2) is 36.4 Å². The van der Waals surface area contributed by atoms with Gasteiger partial charge in [-0.05, 0) is 30.7 Å². The quantitative estimate of drug-likeness (QED) is 0.544. The Kier molecular flexibility index (Phi) is 5.30. The molecule has 1 aromatic heterocycles. The first-order valence-corrected chi connectivity index (χ1v) is 8.84. The predicted octanol–water partition coefficient (Wildman–Crippen LogP) is 5.60. The average Bonchev–Trinajstić information content (AvgIpc) is 2.97. The molecule has 0 amide bonds. The Bertz CT molecular complexity index is 917. The topological polar surface area (TPSA) is 44.1 Å². The van der Waals surface area contributed by atoms with Gasteiger partial charge in [0.15, 0.2) is 0 Å². The van der Waals surface area contributed by atoms with Gasteiger partial charge >= 0.3 is 5.97 Å². The van der Waals surface area contributed by atoms with Gasteiger partial charge in [0.1, 0.15) is 5.82 Å². The summed E-state index contributed by atoms with van der Waals surface area (Å²) in [6.45, 7) is 2.98. The number of methoxy groups -OCH3 is 1. The van der Waals surface area contributed by atoms with Crippen molar-refractivity contribution in [1.29, 1.82) is 0 Å². The minimum absolute atomic E-state index is 0.357. The molecule has 0 bridgehead atoms. The van der Waals surface area contributed by atoms with Crippen molar-refractivity contribution in [2.75, 3.05) is 7.11 Å². The largest absolute Gasteiger partial charge is 0.465 e. The Balaban J connectivity index is 2.12. The maximum absolute atomic E-state index is 11.6. The SMILES string of the molecule is CCCCn1c(-c2ccc(C(=O)OC)cc2)nc2cc(Cl)c(Cl)cc21. The van der Waals surface area contributed by atoms with Crippen LogP contribution in [0.25, 0.3) is 22.4 Å². The van der Waals surface area contributed by atoms with Gasteiger partial charge in [-0.25, -0.2) is 9.78 Å². The lowest BCUT2D eigenvalue weighted by molar-refractivity contribution is 0.0601. The number of unbranched alkanes of at least 4 members (excludes halogenated alkanes) is 1. The van der Waals surface area contributed by atoms with Crippen LogP contribution >= 0.6 is 23.2 Å². The highest BCUT2D eigenvalue weighted by Gasteiger charge is 2.15. The minimum Gasteiger partial charge on any atom is -0.465 e. The van der Waals surface area contributed by atoms with Crippen molar-refractivity contribution in [3.05, 3.63) is 52.0 Å². The van der Waals surface area contributed by atoms with Crippen LogP contribution in [0.5, 0.6) is 0 Å². The molecule has 2 aromatic carbocycles. The Hall–Kier alpha value is -2.04. The normalized spacial score (nSPS) is 11.0. The number of carbonyl (C=O) groups is 1. The lowest BCUT2D eigenvalue weighted by atomic mass is 10.1. The molecular weight excluding hydrogens is 359 g/mol. The van der Waals surface area contributed by atoms with Crippen LogP contribution in [0.3, 0.4) is 0 Å². The highest BCUT2D eigenvalue weighted by Crippen LogP contribution is 2.31. The van der Waals surface area contributed by atoms with E-state index in [-0.39, 0.29) is 5.97 Å². The first-order chi connectivity index (χ1) is 12.0. The third-order valence-electron chi connectivity index (χ3n) is 4.09. The number of ether oxygens (including phenoxy) is 1. The molecule has 0 saturated heterocycles. The van der Waals surface area contributed by atoms with E-state index in [4.69, 9.17) is 32.9 Å². The zero-order valence-electron chi connectivity index (χ0n) is 14.1. The lowest BCUT2D eigenvalue weighted by Crippen LogP contribution is -2.02. The molecule has 0 aliphatic carbocycles. The molecule has 25 heavy (non-hydrogen) atoms. The third kappa shape index (κ3) is 3.51. The van der Waals surface area contributed by atoms with Gasteiger partial charge in [-0.2, -0.15) is 0 Å². The highest BCUT2D eigenvalue weighted by atomic mass is 35.5. The number of aryl methyl sites for hydroxylation is 1. The zero-order chi connectivity index (χ0) is 18.0. The van der Waals surface area contributed by atoms with E-state index in [0.717, 1.165) is 41.8 Å². The summed E-state index contributed by atoms with van der Waals surface area (Å²) in [6.07, 6.45) is 2.10. The van der Waals surface area contributed by atoms with Crippen molar-refractivity contribution in [3.63, 3.8) is 0 Å². The van der Waals surface area contributed by atoms with Gasteiger partial charge in [0.25, 0.3) is 0 Å². The Morgan fingerprint density at radius 3 is 2.48 bits per heavy atom. The number of aromatic nitrogens is 2. The second-order valence-electron chi connectivity index (χ2n) is 5.76. The lowest BCUT2D eigenvalue weighted by Gasteiger charge is -2.09. The number of imidazole rings is 1. The summed E-state index contributed by atoms with van der Waals surface area (Å²) >= 11 is 12.3. The van der Waals surface area contributed by atoms with Gasteiger partial charge < -0.3 is 9.30 Å². The number of benzene rings is 2. The number of esters is 1. The summed E-state index contributed by atoms with van der Waals surface area (Å²) in [5, 5.41) is 1.00. The van der Waals surface area contributed by atoms with Gasteiger partial charge in [-0.1, -0.05) is 48.7 Å². The van der Waals surface area contributed by atoms with Gasteiger partial charge in [-0.3, -0.25) is 0 Å². The molecule has 0 N–H and O–H groups in total. The van der Waals surface area contributed by atoms with E-state index in [1.54, 1.807) is 18.2 Å². The zero-order valence-corrected chi connectivity index (χ0v) is 15.6. The standard InChI is InChI=1S/C19H18Cl2N2O2/c1-3-4-9-23-17-11-15(21)14(20)10-16(17)22-18(23)12-5-7-13(8-6-12)19(24)25-2/h5-8,10-11H,3-4,9H2,1-2H3. The molecule has 0 aliphatic heterocycles. The molecule has 1 heterocycles. The number of hydrogen-bond donors (Lipinski definition) is 0. The molecule has 3 rings (SSSR count). The van der Waals surface area contributed by atoms with Crippen LogP contribution in [0.4, 0.5) is 0 Å². The first kappa shape index (κ1) is 17.8. The van der Waals surface area contributed by atoms with Crippen LogP contribution < -0.4 is 0 Å². The molecule has 0 atom stereocenters.